The van der Waals surface area contributed by atoms with E-state index in [9.17, 15) is 19.1 Å². The summed E-state index contributed by atoms with van der Waals surface area (Å²) in [6.45, 7) is 14.2. The topological polar surface area (TPSA) is 69.6 Å². The minimum atomic E-state index is -0.687. The maximum absolute atomic E-state index is 14.3. The SMILES string of the molecule is CCC(=O)N1c2ccccc2NC2=C(C(=O)C[C@@H](c3ccc(F)cc3)C2)[C@H]1c1cc(C(C)(C)C)c(O)c(C(C)(C)C)c1. The number of nitrogens with one attached hydrogen (secondary N) is 1. The number of halogens is 1. The largest absolute Gasteiger partial charge is 0.507 e. The third-order valence-electron chi connectivity index (χ3n) is 8.47. The minimum absolute atomic E-state index is 0.0486. The number of anilines is 2. The summed E-state index contributed by atoms with van der Waals surface area (Å²) in [6.07, 6.45) is 1.06. The lowest BCUT2D eigenvalue weighted by molar-refractivity contribution is -0.119. The maximum atomic E-state index is 14.3. The Morgan fingerprint density at radius 2 is 1.52 bits per heavy atom. The highest BCUT2D eigenvalue weighted by atomic mass is 19.1. The molecule has 1 aliphatic heterocycles. The fraction of sp³-hybridized carbons (Fsp3) is 0.389. The average Bonchev–Trinajstić information content (AvgIpc) is 3.06. The highest BCUT2D eigenvalue weighted by Gasteiger charge is 2.42. The van der Waals surface area contributed by atoms with Gasteiger partial charge in [0.2, 0.25) is 5.91 Å². The molecule has 0 saturated heterocycles. The van der Waals surface area contributed by atoms with Crippen LogP contribution in [0, 0.1) is 5.82 Å². The number of hydrogen-bond acceptors (Lipinski definition) is 4. The van der Waals surface area contributed by atoms with Gasteiger partial charge in [-0.3, -0.25) is 14.5 Å². The van der Waals surface area contributed by atoms with Gasteiger partial charge in [0.25, 0.3) is 0 Å². The first kappa shape index (κ1) is 29.6. The Bertz CT molecular complexity index is 1540. The highest BCUT2D eigenvalue weighted by Crippen LogP contribution is 2.50. The fourth-order valence-corrected chi connectivity index (χ4v) is 6.28. The average molecular weight is 569 g/mol. The smallest absolute Gasteiger partial charge is 0.227 e. The van der Waals surface area contributed by atoms with Crippen molar-refractivity contribution in [3.63, 3.8) is 0 Å². The molecule has 2 N–H and O–H groups in total. The van der Waals surface area contributed by atoms with E-state index in [1.165, 1.54) is 12.1 Å². The van der Waals surface area contributed by atoms with Gasteiger partial charge < -0.3 is 10.4 Å². The number of Topliss-reactive ketones (excluding diaryl/α,β-unsaturated/α-hetero) is 1. The summed E-state index contributed by atoms with van der Waals surface area (Å²) in [4.78, 5) is 29.9. The molecule has 0 bridgehead atoms. The van der Waals surface area contributed by atoms with Crippen molar-refractivity contribution in [2.75, 3.05) is 10.2 Å². The molecule has 0 fully saturated rings. The molecule has 3 aromatic carbocycles. The van der Waals surface area contributed by atoms with E-state index in [4.69, 9.17) is 0 Å². The molecule has 0 saturated carbocycles. The van der Waals surface area contributed by atoms with E-state index in [1.54, 1.807) is 17.0 Å². The number of phenolic OH excluding ortho intramolecular Hbond substituents is 1. The fourth-order valence-electron chi connectivity index (χ4n) is 6.28. The van der Waals surface area contributed by atoms with Gasteiger partial charge in [-0.15, -0.1) is 0 Å². The van der Waals surface area contributed by atoms with Crippen molar-refractivity contribution in [3.8, 4) is 5.75 Å². The van der Waals surface area contributed by atoms with E-state index in [0.29, 0.717) is 17.7 Å². The molecule has 1 aliphatic carbocycles. The van der Waals surface area contributed by atoms with Crippen LogP contribution in [-0.4, -0.2) is 16.8 Å². The van der Waals surface area contributed by atoms with Crippen LogP contribution < -0.4 is 10.2 Å². The molecule has 2 aliphatic rings. The van der Waals surface area contributed by atoms with Gasteiger partial charge in [0.1, 0.15) is 11.6 Å². The van der Waals surface area contributed by atoms with Crippen molar-refractivity contribution >= 4 is 23.1 Å². The van der Waals surface area contributed by atoms with Crippen molar-refractivity contribution < 1.29 is 19.1 Å². The molecule has 220 valence electrons. The number of ketones is 1. The molecule has 42 heavy (non-hydrogen) atoms. The standard InChI is InChI=1S/C36H41FN2O3/c1-8-31(41)39-29-12-10-9-11-27(29)38-28-19-22(21-13-15-24(37)16-14-21)20-30(40)32(28)33(39)23-17-25(35(2,3)4)34(42)26(18-23)36(5,6)7/h9-18,22,33,38,42H,8,19-20H2,1-7H3/t22-,33+/m0/s1. The van der Waals surface area contributed by atoms with Crippen LogP contribution in [0.4, 0.5) is 15.8 Å². The Hall–Kier alpha value is -3.93. The molecule has 2 atom stereocenters. The molecular formula is C36H41FN2O3. The zero-order chi connectivity index (χ0) is 30.6. The molecule has 5 nitrogen and oxygen atoms in total. The van der Waals surface area contributed by atoms with Crippen LogP contribution in [0.15, 0.2) is 71.9 Å². The first-order chi connectivity index (χ1) is 19.7. The summed E-state index contributed by atoms with van der Waals surface area (Å²) in [5, 5.41) is 15.0. The van der Waals surface area contributed by atoms with Crippen molar-refractivity contribution in [1.29, 1.82) is 0 Å². The molecule has 5 rings (SSSR count). The number of benzene rings is 3. The van der Waals surface area contributed by atoms with Gasteiger partial charge in [0.05, 0.1) is 17.4 Å². The second kappa shape index (κ2) is 10.7. The molecule has 0 aromatic heterocycles. The summed E-state index contributed by atoms with van der Waals surface area (Å²) < 4.78 is 13.7. The predicted molar refractivity (Wildman–Crippen MR) is 166 cm³/mol. The first-order valence-electron chi connectivity index (χ1n) is 14.8. The number of para-hydroxylation sites is 2. The van der Waals surface area contributed by atoms with Crippen molar-refractivity contribution in [1.82, 2.24) is 0 Å². The van der Waals surface area contributed by atoms with E-state index < -0.39 is 6.04 Å². The van der Waals surface area contributed by atoms with Gasteiger partial charge in [0.15, 0.2) is 5.78 Å². The van der Waals surface area contributed by atoms with Crippen LogP contribution in [0.1, 0.15) is 102 Å². The molecule has 6 heteroatoms. The van der Waals surface area contributed by atoms with Crippen molar-refractivity contribution in [2.24, 2.45) is 0 Å². The van der Waals surface area contributed by atoms with Crippen molar-refractivity contribution in [3.05, 3.63) is 100 Å². The van der Waals surface area contributed by atoms with Gasteiger partial charge in [-0.25, -0.2) is 4.39 Å². The second-order valence-corrected chi connectivity index (χ2v) is 13.6. The van der Waals surface area contributed by atoms with E-state index in [-0.39, 0.29) is 52.8 Å². The number of hydrogen-bond donors (Lipinski definition) is 2. The molecule has 1 amide bonds. The number of allylic oxidation sites excluding steroid dienone is 1. The van der Waals surface area contributed by atoms with E-state index in [1.807, 2.05) is 43.3 Å². The Morgan fingerprint density at radius 3 is 2.10 bits per heavy atom. The van der Waals surface area contributed by atoms with Crippen LogP contribution in [0.3, 0.4) is 0 Å². The number of carbonyl (C=O) groups is 2. The number of amides is 1. The second-order valence-electron chi connectivity index (χ2n) is 13.6. The van der Waals surface area contributed by atoms with Crippen molar-refractivity contribution in [2.45, 2.75) is 90.5 Å². The zero-order valence-electron chi connectivity index (χ0n) is 25.6. The number of fused-ring (bicyclic) bond motifs is 1. The first-order valence-corrected chi connectivity index (χ1v) is 14.8. The third kappa shape index (κ3) is 5.35. The van der Waals surface area contributed by atoms with Crippen LogP contribution in [0.2, 0.25) is 0 Å². The lowest BCUT2D eigenvalue weighted by Crippen LogP contribution is -2.38. The van der Waals surface area contributed by atoms with Crippen LogP contribution in [0.5, 0.6) is 5.75 Å². The summed E-state index contributed by atoms with van der Waals surface area (Å²) >= 11 is 0. The van der Waals surface area contributed by atoms with Gasteiger partial charge in [-0.05, 0) is 81.8 Å². The number of rotatable bonds is 3. The van der Waals surface area contributed by atoms with Crippen LogP contribution in [0.25, 0.3) is 0 Å². The van der Waals surface area contributed by atoms with Gasteiger partial charge >= 0.3 is 0 Å². The Kier molecular flexibility index (Phi) is 7.55. The third-order valence-corrected chi connectivity index (χ3v) is 8.47. The molecule has 0 radical (unpaired) electrons. The normalized spacial score (nSPS) is 19.1. The summed E-state index contributed by atoms with van der Waals surface area (Å²) in [7, 11) is 0. The number of aromatic hydroxyl groups is 1. The number of nitrogens with zero attached hydrogens (tertiary/aromatic N) is 1. The predicted octanol–water partition coefficient (Wildman–Crippen LogP) is 8.44. The zero-order valence-corrected chi connectivity index (χ0v) is 25.6. The van der Waals surface area contributed by atoms with Gasteiger partial charge in [-0.1, -0.05) is 72.7 Å². The van der Waals surface area contributed by atoms with Crippen LogP contribution >= 0.6 is 0 Å². The van der Waals surface area contributed by atoms with Crippen LogP contribution in [-0.2, 0) is 20.4 Å². The lowest BCUT2D eigenvalue weighted by Gasteiger charge is -2.37. The molecule has 3 aromatic rings. The Labute approximate surface area is 248 Å². The van der Waals surface area contributed by atoms with E-state index in [0.717, 1.165) is 33.6 Å². The van der Waals surface area contributed by atoms with Gasteiger partial charge in [0, 0.05) is 24.1 Å². The summed E-state index contributed by atoms with van der Waals surface area (Å²) in [5.74, 6) is -0.333. The molecular weight excluding hydrogens is 527 g/mol. The quantitative estimate of drug-likeness (QED) is 0.333. The summed E-state index contributed by atoms with van der Waals surface area (Å²) in [5.41, 5.74) is 5.27. The number of carbonyl (C=O) groups excluding carboxylic acids is 2. The minimum Gasteiger partial charge on any atom is -0.507 e. The molecule has 1 heterocycles. The van der Waals surface area contributed by atoms with Gasteiger partial charge in [-0.2, -0.15) is 0 Å². The maximum Gasteiger partial charge on any atom is 0.227 e. The number of phenols is 1. The Balaban J connectivity index is 1.81. The molecule has 0 unspecified atom stereocenters. The van der Waals surface area contributed by atoms with E-state index >= 15 is 0 Å². The summed E-state index contributed by atoms with van der Waals surface area (Å²) in [6, 6.07) is 17.3. The lowest BCUT2D eigenvalue weighted by atomic mass is 9.74. The highest BCUT2D eigenvalue weighted by molar-refractivity contribution is 6.06. The monoisotopic (exact) mass is 568 g/mol. The Morgan fingerprint density at radius 1 is 0.929 bits per heavy atom. The molecule has 0 spiro atoms. The van der Waals surface area contributed by atoms with E-state index in [2.05, 4.69) is 46.9 Å².